The fraction of sp³-hybridized carbons (Fsp3) is 0.333. The Kier molecular flexibility index (Phi) is 6.04. The third-order valence-electron chi connectivity index (χ3n) is 3.79. The molecule has 0 spiro atoms. The van der Waals surface area contributed by atoms with E-state index in [0.717, 1.165) is 18.4 Å². The molecular formula is C18H20ClNO4. The van der Waals surface area contributed by atoms with E-state index in [9.17, 15) is 9.59 Å². The fourth-order valence-electron chi connectivity index (χ4n) is 2.44. The second-order valence-electron chi connectivity index (χ2n) is 5.72. The van der Waals surface area contributed by atoms with Gasteiger partial charge >= 0.3 is 5.97 Å². The van der Waals surface area contributed by atoms with Crippen LogP contribution in [-0.2, 0) is 17.8 Å². The largest absolute Gasteiger partial charge is 0.478 e. The number of aryl methyl sites for hydroxylation is 2. The molecule has 5 nitrogen and oxygen atoms in total. The van der Waals surface area contributed by atoms with Crippen LogP contribution in [0.25, 0.3) is 0 Å². The lowest BCUT2D eigenvalue weighted by molar-refractivity contribution is -0.130. The number of rotatable bonds is 7. The number of furan rings is 1. The minimum Gasteiger partial charge on any atom is -0.478 e. The molecule has 2 aromatic rings. The van der Waals surface area contributed by atoms with E-state index in [-0.39, 0.29) is 18.0 Å². The monoisotopic (exact) mass is 349 g/mol. The molecule has 0 aliphatic rings. The molecule has 128 valence electrons. The van der Waals surface area contributed by atoms with Crippen molar-refractivity contribution < 1.29 is 19.1 Å². The summed E-state index contributed by atoms with van der Waals surface area (Å²) >= 11 is 5.84. The highest BCUT2D eigenvalue weighted by atomic mass is 35.5. The number of benzene rings is 1. The van der Waals surface area contributed by atoms with Gasteiger partial charge in [-0.05, 0) is 43.5 Å². The lowest BCUT2D eigenvalue weighted by atomic mass is 10.1. The Morgan fingerprint density at radius 2 is 1.92 bits per heavy atom. The van der Waals surface area contributed by atoms with Gasteiger partial charge in [0.25, 0.3) is 0 Å². The molecule has 1 aromatic heterocycles. The van der Waals surface area contributed by atoms with Gasteiger partial charge < -0.3 is 14.4 Å². The lowest BCUT2D eigenvalue weighted by Crippen LogP contribution is -2.25. The first-order valence-corrected chi connectivity index (χ1v) is 8.05. The molecule has 1 aromatic carbocycles. The molecule has 0 atom stereocenters. The van der Waals surface area contributed by atoms with E-state index in [4.69, 9.17) is 21.1 Å². The fourth-order valence-corrected chi connectivity index (χ4v) is 2.57. The van der Waals surface area contributed by atoms with Gasteiger partial charge in [-0.3, -0.25) is 4.79 Å². The van der Waals surface area contributed by atoms with Crippen molar-refractivity contribution in [3.63, 3.8) is 0 Å². The molecule has 24 heavy (non-hydrogen) atoms. The molecule has 1 heterocycles. The number of hydrogen-bond donors (Lipinski definition) is 1. The zero-order valence-electron chi connectivity index (χ0n) is 13.7. The number of amides is 1. The second kappa shape index (κ2) is 8.02. The number of carboxylic acids is 1. The van der Waals surface area contributed by atoms with Crippen molar-refractivity contribution in [2.75, 3.05) is 7.05 Å². The Morgan fingerprint density at radius 3 is 2.50 bits per heavy atom. The third kappa shape index (κ3) is 4.86. The van der Waals surface area contributed by atoms with Gasteiger partial charge in [-0.25, -0.2) is 4.79 Å². The van der Waals surface area contributed by atoms with E-state index >= 15 is 0 Å². The molecule has 0 radical (unpaired) electrons. The molecule has 0 fully saturated rings. The SMILES string of the molecule is Cc1oc(CN(C)C(=O)CCCc2ccc(Cl)cc2)cc1C(=O)O. The normalized spacial score (nSPS) is 10.6. The van der Waals surface area contributed by atoms with E-state index in [1.165, 1.54) is 6.07 Å². The summed E-state index contributed by atoms with van der Waals surface area (Å²) in [5, 5.41) is 9.71. The summed E-state index contributed by atoms with van der Waals surface area (Å²) in [4.78, 5) is 24.7. The first kappa shape index (κ1) is 18.1. The Bertz CT molecular complexity index is 721. The zero-order chi connectivity index (χ0) is 17.7. The zero-order valence-corrected chi connectivity index (χ0v) is 14.5. The number of carbonyl (C=O) groups is 2. The van der Waals surface area contributed by atoms with Crippen LogP contribution in [0.4, 0.5) is 0 Å². The van der Waals surface area contributed by atoms with Gasteiger partial charge in [-0.1, -0.05) is 23.7 Å². The third-order valence-corrected chi connectivity index (χ3v) is 4.04. The Balaban J connectivity index is 1.82. The van der Waals surface area contributed by atoms with E-state index in [1.54, 1.807) is 18.9 Å². The van der Waals surface area contributed by atoms with E-state index < -0.39 is 5.97 Å². The molecule has 0 aliphatic heterocycles. The summed E-state index contributed by atoms with van der Waals surface area (Å²) in [5.74, 6) is -0.214. The summed E-state index contributed by atoms with van der Waals surface area (Å²) in [6.45, 7) is 1.86. The standard InChI is InChI=1S/C18H20ClNO4/c1-12-16(18(22)23)10-15(24-12)11-20(2)17(21)5-3-4-13-6-8-14(19)9-7-13/h6-10H,3-5,11H2,1-2H3,(H,22,23). The maximum atomic E-state index is 12.2. The molecule has 6 heteroatoms. The summed E-state index contributed by atoms with van der Waals surface area (Å²) in [6.07, 6.45) is 1.97. The van der Waals surface area contributed by atoms with Gasteiger partial charge in [0.05, 0.1) is 6.54 Å². The summed E-state index contributed by atoms with van der Waals surface area (Å²) in [5.41, 5.74) is 1.27. The molecule has 2 rings (SSSR count). The van der Waals surface area contributed by atoms with E-state index in [0.29, 0.717) is 23.0 Å². The molecule has 1 amide bonds. The highest BCUT2D eigenvalue weighted by Gasteiger charge is 2.16. The first-order valence-electron chi connectivity index (χ1n) is 7.68. The van der Waals surface area contributed by atoms with Crippen molar-refractivity contribution in [3.8, 4) is 0 Å². The minimum atomic E-state index is -1.03. The van der Waals surface area contributed by atoms with Crippen LogP contribution >= 0.6 is 11.6 Å². The molecule has 0 saturated carbocycles. The van der Waals surface area contributed by atoms with Crippen LogP contribution in [0.2, 0.25) is 5.02 Å². The van der Waals surface area contributed by atoms with Gasteiger partial charge in [-0.2, -0.15) is 0 Å². The summed E-state index contributed by atoms with van der Waals surface area (Å²) in [6, 6.07) is 9.05. The quantitative estimate of drug-likeness (QED) is 0.822. The maximum Gasteiger partial charge on any atom is 0.339 e. The van der Waals surface area contributed by atoms with Crippen molar-refractivity contribution in [3.05, 3.63) is 58.0 Å². The predicted octanol–water partition coefficient (Wildman–Crippen LogP) is 3.92. The topological polar surface area (TPSA) is 70.8 Å². The highest BCUT2D eigenvalue weighted by molar-refractivity contribution is 6.30. The van der Waals surface area contributed by atoms with Gasteiger partial charge in [-0.15, -0.1) is 0 Å². The van der Waals surface area contributed by atoms with Crippen molar-refractivity contribution in [2.45, 2.75) is 32.7 Å². The number of aromatic carboxylic acids is 1. The smallest absolute Gasteiger partial charge is 0.339 e. The molecule has 0 unspecified atom stereocenters. The van der Waals surface area contributed by atoms with Crippen molar-refractivity contribution in [1.29, 1.82) is 0 Å². The van der Waals surface area contributed by atoms with Crippen LogP contribution in [0.3, 0.4) is 0 Å². The van der Waals surface area contributed by atoms with Crippen LogP contribution in [0.1, 0.15) is 40.3 Å². The number of nitrogens with zero attached hydrogens (tertiary/aromatic N) is 1. The number of carboxylic acid groups (broad SMARTS) is 1. The Morgan fingerprint density at radius 1 is 1.25 bits per heavy atom. The summed E-state index contributed by atoms with van der Waals surface area (Å²) < 4.78 is 5.39. The maximum absolute atomic E-state index is 12.2. The summed E-state index contributed by atoms with van der Waals surface area (Å²) in [7, 11) is 1.68. The Hall–Kier alpha value is -2.27. The van der Waals surface area contributed by atoms with Gasteiger partial charge in [0.2, 0.25) is 5.91 Å². The van der Waals surface area contributed by atoms with Gasteiger partial charge in [0.15, 0.2) is 0 Å². The van der Waals surface area contributed by atoms with E-state index in [1.807, 2.05) is 24.3 Å². The van der Waals surface area contributed by atoms with Crippen LogP contribution in [0.5, 0.6) is 0 Å². The average molecular weight is 350 g/mol. The van der Waals surface area contributed by atoms with Crippen molar-refractivity contribution in [2.24, 2.45) is 0 Å². The average Bonchev–Trinajstić information content (AvgIpc) is 2.89. The van der Waals surface area contributed by atoms with E-state index in [2.05, 4.69) is 0 Å². The number of hydrogen-bond acceptors (Lipinski definition) is 3. The Labute approximate surface area is 145 Å². The second-order valence-corrected chi connectivity index (χ2v) is 6.15. The van der Waals surface area contributed by atoms with Gasteiger partial charge in [0.1, 0.15) is 17.1 Å². The lowest BCUT2D eigenvalue weighted by Gasteiger charge is -2.15. The first-order chi connectivity index (χ1) is 11.4. The van der Waals surface area contributed by atoms with Crippen molar-refractivity contribution in [1.82, 2.24) is 4.90 Å². The van der Waals surface area contributed by atoms with Crippen LogP contribution in [0, 0.1) is 6.92 Å². The number of carbonyl (C=O) groups excluding carboxylic acids is 1. The van der Waals surface area contributed by atoms with Gasteiger partial charge in [0, 0.05) is 18.5 Å². The molecular weight excluding hydrogens is 330 g/mol. The molecule has 0 saturated heterocycles. The molecule has 0 aliphatic carbocycles. The minimum absolute atomic E-state index is 0.00473. The van der Waals surface area contributed by atoms with Crippen LogP contribution < -0.4 is 0 Å². The van der Waals surface area contributed by atoms with Crippen molar-refractivity contribution >= 4 is 23.5 Å². The molecule has 1 N–H and O–H groups in total. The predicted molar refractivity (Wildman–Crippen MR) is 91.3 cm³/mol. The van der Waals surface area contributed by atoms with Crippen LogP contribution in [-0.4, -0.2) is 28.9 Å². The number of halogens is 1. The molecule has 0 bridgehead atoms. The van der Waals surface area contributed by atoms with Crippen LogP contribution in [0.15, 0.2) is 34.7 Å². The highest BCUT2D eigenvalue weighted by Crippen LogP contribution is 2.17.